The summed E-state index contributed by atoms with van der Waals surface area (Å²) < 4.78 is 0. The van der Waals surface area contributed by atoms with Gasteiger partial charge in [-0.3, -0.25) is 9.59 Å². The molecular formula is C22H36N2O2. The molecule has 2 saturated heterocycles. The zero-order chi connectivity index (χ0) is 18.3. The van der Waals surface area contributed by atoms with E-state index in [1.165, 1.54) is 38.5 Å². The van der Waals surface area contributed by atoms with Gasteiger partial charge in [0, 0.05) is 32.1 Å². The molecule has 4 nitrogen and oxygen atoms in total. The number of rotatable bonds is 2. The summed E-state index contributed by atoms with van der Waals surface area (Å²) in [5.41, 5.74) is 0. The van der Waals surface area contributed by atoms with Gasteiger partial charge in [0.15, 0.2) is 0 Å². The minimum Gasteiger partial charge on any atom is -0.342 e. The molecule has 2 amide bonds. The molecule has 0 aromatic carbocycles. The van der Waals surface area contributed by atoms with Crippen LogP contribution >= 0.6 is 0 Å². The van der Waals surface area contributed by atoms with E-state index in [2.05, 4.69) is 23.6 Å². The number of carbonyl (C=O) groups excluding carboxylic acids is 2. The van der Waals surface area contributed by atoms with E-state index in [1.807, 2.05) is 0 Å². The Labute approximate surface area is 158 Å². The summed E-state index contributed by atoms with van der Waals surface area (Å²) in [5, 5.41) is 0. The van der Waals surface area contributed by atoms with Crippen molar-refractivity contribution in [2.45, 2.75) is 77.7 Å². The van der Waals surface area contributed by atoms with Gasteiger partial charge in [0.1, 0.15) is 0 Å². The van der Waals surface area contributed by atoms with E-state index < -0.39 is 0 Å². The predicted octanol–water partition coefficient (Wildman–Crippen LogP) is 3.70. The maximum Gasteiger partial charge on any atom is 0.228 e. The van der Waals surface area contributed by atoms with Gasteiger partial charge in [-0.05, 0) is 55.8 Å². The molecule has 0 spiro atoms. The van der Waals surface area contributed by atoms with Crippen molar-refractivity contribution in [3.8, 4) is 0 Å². The van der Waals surface area contributed by atoms with Crippen LogP contribution in [0.25, 0.3) is 0 Å². The molecule has 4 heteroatoms. The van der Waals surface area contributed by atoms with Crippen LogP contribution in [0.2, 0.25) is 0 Å². The number of piperidine rings is 1. The Morgan fingerprint density at radius 2 is 1.62 bits per heavy atom. The lowest BCUT2D eigenvalue weighted by Crippen LogP contribution is -2.47. The lowest BCUT2D eigenvalue weighted by molar-refractivity contribution is -0.138. The standard InChI is InChI=1S/C22H36N2O2/c1-15-9-16(2)11-20(10-15)24-14-19(12-21(24)25)22(26)23-8-7-17-5-3-4-6-18(17)13-23/h15-20H,3-14H2,1-2H3/t15?,16?,17?,18?,19-,20?/m1/s1. The summed E-state index contributed by atoms with van der Waals surface area (Å²) in [6, 6.07) is 0.364. The Morgan fingerprint density at radius 3 is 2.35 bits per heavy atom. The molecule has 0 radical (unpaired) electrons. The smallest absolute Gasteiger partial charge is 0.228 e. The van der Waals surface area contributed by atoms with Gasteiger partial charge in [0.25, 0.3) is 0 Å². The topological polar surface area (TPSA) is 40.6 Å². The SMILES string of the molecule is CC1CC(C)CC(N2C[C@H](C(=O)N3CCC4CCCCC4C3)CC2=O)C1. The average molecular weight is 361 g/mol. The normalized spacial score (nSPS) is 41.2. The highest BCUT2D eigenvalue weighted by molar-refractivity contribution is 5.89. The number of hydrogen-bond donors (Lipinski definition) is 0. The fourth-order valence-corrected chi connectivity index (χ4v) is 6.47. The van der Waals surface area contributed by atoms with Gasteiger partial charge >= 0.3 is 0 Å². The van der Waals surface area contributed by atoms with Crippen LogP contribution in [0.4, 0.5) is 0 Å². The highest BCUT2D eigenvalue weighted by atomic mass is 16.2. The Hall–Kier alpha value is -1.06. The Bertz CT molecular complexity index is 538. The van der Waals surface area contributed by atoms with Gasteiger partial charge in [0.05, 0.1) is 5.92 Å². The number of carbonyl (C=O) groups is 2. The third-order valence-electron chi connectivity index (χ3n) is 7.70. The molecule has 2 saturated carbocycles. The molecule has 2 aliphatic carbocycles. The van der Waals surface area contributed by atoms with Gasteiger partial charge in [0.2, 0.25) is 11.8 Å². The van der Waals surface area contributed by atoms with Crippen molar-refractivity contribution in [3.63, 3.8) is 0 Å². The quantitative estimate of drug-likeness (QED) is 0.753. The molecular weight excluding hydrogens is 324 g/mol. The van der Waals surface area contributed by atoms with Gasteiger partial charge in [-0.15, -0.1) is 0 Å². The van der Waals surface area contributed by atoms with E-state index in [9.17, 15) is 9.59 Å². The zero-order valence-corrected chi connectivity index (χ0v) is 16.7. The molecule has 146 valence electrons. The van der Waals surface area contributed by atoms with E-state index in [1.54, 1.807) is 0 Å². The first-order valence-corrected chi connectivity index (χ1v) is 11.1. The van der Waals surface area contributed by atoms with Crippen molar-refractivity contribution in [3.05, 3.63) is 0 Å². The third kappa shape index (κ3) is 3.66. The van der Waals surface area contributed by atoms with Crippen LogP contribution in [0.3, 0.4) is 0 Å². The second-order valence-electron chi connectivity index (χ2n) is 9.90. The third-order valence-corrected chi connectivity index (χ3v) is 7.70. The molecule has 4 aliphatic rings. The number of nitrogens with zero attached hydrogens (tertiary/aromatic N) is 2. The van der Waals surface area contributed by atoms with Crippen molar-refractivity contribution in [2.24, 2.45) is 29.6 Å². The molecule has 4 rings (SSSR count). The fraction of sp³-hybridized carbons (Fsp3) is 0.909. The van der Waals surface area contributed by atoms with Crippen LogP contribution in [-0.4, -0.2) is 47.3 Å². The number of hydrogen-bond acceptors (Lipinski definition) is 2. The summed E-state index contributed by atoms with van der Waals surface area (Å²) >= 11 is 0. The minimum atomic E-state index is -0.0878. The summed E-state index contributed by atoms with van der Waals surface area (Å²) in [4.78, 5) is 30.0. The first-order valence-electron chi connectivity index (χ1n) is 11.1. The molecule has 2 aliphatic heterocycles. The van der Waals surface area contributed by atoms with Crippen LogP contribution in [0.15, 0.2) is 0 Å². The molecule has 0 bridgehead atoms. The molecule has 0 aromatic rings. The molecule has 0 N–H and O–H groups in total. The Morgan fingerprint density at radius 1 is 0.923 bits per heavy atom. The summed E-state index contributed by atoms with van der Waals surface area (Å²) in [7, 11) is 0. The van der Waals surface area contributed by atoms with Crippen molar-refractivity contribution >= 4 is 11.8 Å². The van der Waals surface area contributed by atoms with Crippen molar-refractivity contribution in [1.82, 2.24) is 9.80 Å². The largest absolute Gasteiger partial charge is 0.342 e. The molecule has 2 heterocycles. The summed E-state index contributed by atoms with van der Waals surface area (Å²) in [6.07, 6.45) is 10.5. The van der Waals surface area contributed by atoms with E-state index in [-0.39, 0.29) is 17.7 Å². The Kier molecular flexibility index (Phi) is 5.29. The van der Waals surface area contributed by atoms with Crippen LogP contribution in [-0.2, 0) is 9.59 Å². The van der Waals surface area contributed by atoms with Gasteiger partial charge in [-0.25, -0.2) is 0 Å². The van der Waals surface area contributed by atoms with E-state index in [4.69, 9.17) is 0 Å². The number of likely N-dealkylation sites (tertiary alicyclic amines) is 2. The molecule has 5 atom stereocenters. The summed E-state index contributed by atoms with van der Waals surface area (Å²) in [5.74, 6) is 3.35. The average Bonchev–Trinajstić information content (AvgIpc) is 3.01. The fourth-order valence-electron chi connectivity index (χ4n) is 6.47. The van der Waals surface area contributed by atoms with Crippen LogP contribution in [0.1, 0.15) is 71.6 Å². The van der Waals surface area contributed by atoms with Gasteiger partial charge in [-0.1, -0.05) is 33.1 Å². The van der Waals surface area contributed by atoms with Crippen molar-refractivity contribution < 1.29 is 9.59 Å². The number of amides is 2. The lowest BCUT2D eigenvalue weighted by Gasteiger charge is -2.42. The molecule has 4 fully saturated rings. The van der Waals surface area contributed by atoms with Crippen LogP contribution < -0.4 is 0 Å². The molecule has 4 unspecified atom stereocenters. The molecule has 26 heavy (non-hydrogen) atoms. The zero-order valence-electron chi connectivity index (χ0n) is 16.7. The minimum absolute atomic E-state index is 0.0878. The predicted molar refractivity (Wildman–Crippen MR) is 102 cm³/mol. The maximum absolute atomic E-state index is 13.1. The first-order chi connectivity index (χ1) is 12.5. The van der Waals surface area contributed by atoms with Crippen molar-refractivity contribution in [2.75, 3.05) is 19.6 Å². The Balaban J connectivity index is 1.36. The highest BCUT2D eigenvalue weighted by Gasteiger charge is 2.42. The molecule has 0 aromatic heterocycles. The van der Waals surface area contributed by atoms with E-state index >= 15 is 0 Å². The van der Waals surface area contributed by atoms with Crippen molar-refractivity contribution in [1.29, 1.82) is 0 Å². The van der Waals surface area contributed by atoms with Crippen LogP contribution in [0.5, 0.6) is 0 Å². The van der Waals surface area contributed by atoms with Gasteiger partial charge < -0.3 is 9.80 Å². The van der Waals surface area contributed by atoms with E-state index in [0.29, 0.717) is 30.8 Å². The number of fused-ring (bicyclic) bond motifs is 1. The lowest BCUT2D eigenvalue weighted by atomic mass is 9.75. The first kappa shape index (κ1) is 18.3. The summed E-state index contributed by atoms with van der Waals surface area (Å²) in [6.45, 7) is 7.15. The maximum atomic E-state index is 13.1. The highest BCUT2D eigenvalue weighted by Crippen LogP contribution is 2.38. The van der Waals surface area contributed by atoms with E-state index in [0.717, 1.165) is 37.8 Å². The second-order valence-corrected chi connectivity index (χ2v) is 9.90. The van der Waals surface area contributed by atoms with Crippen LogP contribution in [0, 0.1) is 29.6 Å². The second kappa shape index (κ2) is 7.52. The van der Waals surface area contributed by atoms with Gasteiger partial charge in [-0.2, -0.15) is 0 Å². The monoisotopic (exact) mass is 360 g/mol.